The number of benzene rings is 1. The van der Waals surface area contributed by atoms with E-state index in [4.69, 9.17) is 19.9 Å². The summed E-state index contributed by atoms with van der Waals surface area (Å²) in [5.41, 5.74) is 5.71. The zero-order valence-corrected chi connectivity index (χ0v) is 15.8. The van der Waals surface area contributed by atoms with Gasteiger partial charge in [-0.1, -0.05) is 25.3 Å². The fraction of sp³-hybridized carbons (Fsp3) is 0.600. The minimum atomic E-state index is -0.503. The molecule has 0 spiro atoms. The number of carbonyl (C=O) groups is 2. The van der Waals surface area contributed by atoms with Crippen molar-refractivity contribution in [3.63, 3.8) is 0 Å². The van der Waals surface area contributed by atoms with Crippen LogP contribution in [0.1, 0.15) is 42.5 Å². The summed E-state index contributed by atoms with van der Waals surface area (Å²) in [6.07, 6.45) is 4.84. The highest BCUT2D eigenvalue weighted by Gasteiger charge is 2.49. The van der Waals surface area contributed by atoms with E-state index in [0.717, 1.165) is 12.8 Å². The maximum atomic E-state index is 12.3. The largest absolute Gasteiger partial charge is 0.485 e. The molecule has 0 radical (unpaired) electrons. The van der Waals surface area contributed by atoms with Crippen molar-refractivity contribution in [3.8, 4) is 5.75 Å². The summed E-state index contributed by atoms with van der Waals surface area (Å²) in [6, 6.07) is 6.62. The Morgan fingerprint density at radius 1 is 1.04 bits per heavy atom. The first-order chi connectivity index (χ1) is 13.6. The van der Waals surface area contributed by atoms with E-state index in [1.807, 2.05) is 0 Å². The number of urea groups is 1. The summed E-state index contributed by atoms with van der Waals surface area (Å²) in [4.78, 5) is 23.7. The van der Waals surface area contributed by atoms with Crippen molar-refractivity contribution in [1.82, 2.24) is 10.6 Å². The molecule has 3 amide bonds. The van der Waals surface area contributed by atoms with Crippen LogP contribution in [0.4, 0.5) is 4.79 Å². The van der Waals surface area contributed by atoms with Gasteiger partial charge < -0.3 is 30.6 Å². The molecule has 3 fully saturated rings. The Kier molecular flexibility index (Phi) is 5.68. The van der Waals surface area contributed by atoms with Crippen molar-refractivity contribution < 1.29 is 23.8 Å². The molecule has 4 rings (SSSR count). The molecule has 4 N–H and O–H groups in total. The van der Waals surface area contributed by atoms with E-state index in [0.29, 0.717) is 24.5 Å². The van der Waals surface area contributed by atoms with Crippen LogP contribution < -0.4 is 21.1 Å². The van der Waals surface area contributed by atoms with Gasteiger partial charge in [-0.15, -0.1) is 0 Å². The minimum Gasteiger partial charge on any atom is -0.485 e. The van der Waals surface area contributed by atoms with E-state index in [9.17, 15) is 9.59 Å². The fourth-order valence-corrected chi connectivity index (χ4v) is 4.23. The smallest absolute Gasteiger partial charge is 0.315 e. The molecule has 0 unspecified atom stereocenters. The number of primary amides is 1. The van der Waals surface area contributed by atoms with Crippen molar-refractivity contribution in [2.45, 2.75) is 62.5 Å². The zero-order valence-electron chi connectivity index (χ0n) is 15.8. The van der Waals surface area contributed by atoms with Gasteiger partial charge in [0.25, 0.3) is 0 Å². The SMILES string of the molecule is NC(=O)c1cccc(O[C@H]2CO[C@H]3[C@@H]2OC[C@@H]3NC(=O)NC2CCCCC2)c1. The van der Waals surface area contributed by atoms with Crippen molar-refractivity contribution in [1.29, 1.82) is 0 Å². The predicted molar refractivity (Wildman–Crippen MR) is 101 cm³/mol. The molecule has 3 aliphatic rings. The molecule has 1 saturated carbocycles. The van der Waals surface area contributed by atoms with Crippen LogP contribution in [0.5, 0.6) is 5.75 Å². The predicted octanol–water partition coefficient (Wildman–Crippen LogP) is 1.33. The Hall–Kier alpha value is -2.32. The molecule has 0 aromatic heterocycles. The minimum absolute atomic E-state index is 0.164. The normalized spacial score (nSPS) is 29.9. The summed E-state index contributed by atoms with van der Waals surface area (Å²) < 4.78 is 17.7. The number of nitrogens with two attached hydrogens (primary N) is 1. The molecule has 0 bridgehead atoms. The number of nitrogens with one attached hydrogen (secondary N) is 2. The van der Waals surface area contributed by atoms with Crippen LogP contribution in [0.25, 0.3) is 0 Å². The van der Waals surface area contributed by atoms with Crippen LogP contribution in [0, 0.1) is 0 Å². The standard InChI is InChI=1S/C20H27N3O5/c21-19(24)12-5-4-8-14(9-12)28-16-11-27-17-15(10-26-18(16)17)23-20(25)22-13-6-2-1-3-7-13/h4-5,8-9,13,15-18H,1-3,6-7,10-11H2,(H2,21,24)(H2,22,23,25)/t15-,16-,17+,18+/m0/s1. The highest BCUT2D eigenvalue weighted by atomic mass is 16.6. The lowest BCUT2D eigenvalue weighted by Gasteiger charge is -2.24. The third kappa shape index (κ3) is 4.23. The number of rotatable bonds is 5. The molecule has 4 atom stereocenters. The van der Waals surface area contributed by atoms with Crippen molar-refractivity contribution in [2.75, 3.05) is 13.2 Å². The second-order valence-corrected chi connectivity index (χ2v) is 7.70. The van der Waals surface area contributed by atoms with E-state index in [2.05, 4.69) is 10.6 Å². The van der Waals surface area contributed by atoms with E-state index in [1.54, 1.807) is 24.3 Å². The number of hydrogen-bond donors (Lipinski definition) is 3. The molecule has 8 heteroatoms. The van der Waals surface area contributed by atoms with Gasteiger partial charge in [0.05, 0.1) is 19.3 Å². The van der Waals surface area contributed by atoms with Gasteiger partial charge in [0, 0.05) is 11.6 Å². The average Bonchev–Trinajstić information content (AvgIpc) is 3.26. The third-order valence-electron chi connectivity index (χ3n) is 5.67. The van der Waals surface area contributed by atoms with Crippen molar-refractivity contribution in [3.05, 3.63) is 29.8 Å². The molecular weight excluding hydrogens is 362 g/mol. The number of hydrogen-bond acceptors (Lipinski definition) is 5. The van der Waals surface area contributed by atoms with Gasteiger partial charge in [-0.3, -0.25) is 4.79 Å². The Bertz CT molecular complexity index is 722. The fourth-order valence-electron chi connectivity index (χ4n) is 4.23. The lowest BCUT2D eigenvalue weighted by molar-refractivity contribution is 0.0303. The lowest BCUT2D eigenvalue weighted by atomic mass is 9.96. The van der Waals surface area contributed by atoms with Gasteiger partial charge in [0.2, 0.25) is 5.91 Å². The van der Waals surface area contributed by atoms with Crippen molar-refractivity contribution >= 4 is 11.9 Å². The van der Waals surface area contributed by atoms with Gasteiger partial charge >= 0.3 is 6.03 Å². The Morgan fingerprint density at radius 3 is 2.61 bits per heavy atom. The topological polar surface area (TPSA) is 112 Å². The van der Waals surface area contributed by atoms with Gasteiger partial charge in [0.15, 0.2) is 6.10 Å². The lowest BCUT2D eigenvalue weighted by Crippen LogP contribution is -2.51. The number of fused-ring (bicyclic) bond motifs is 1. The van der Waals surface area contributed by atoms with Gasteiger partial charge in [-0.25, -0.2) is 4.79 Å². The Labute approximate surface area is 164 Å². The first kappa shape index (κ1) is 19.0. The summed E-state index contributed by atoms with van der Waals surface area (Å²) in [7, 11) is 0. The molecule has 2 heterocycles. The molecule has 1 aromatic carbocycles. The molecule has 8 nitrogen and oxygen atoms in total. The van der Waals surface area contributed by atoms with Crippen LogP contribution in [0.2, 0.25) is 0 Å². The second kappa shape index (κ2) is 8.36. The highest BCUT2D eigenvalue weighted by Crippen LogP contribution is 2.30. The molecule has 28 heavy (non-hydrogen) atoms. The van der Waals surface area contributed by atoms with Crippen LogP contribution in [-0.2, 0) is 9.47 Å². The maximum absolute atomic E-state index is 12.3. The zero-order chi connectivity index (χ0) is 19.5. The Morgan fingerprint density at radius 2 is 1.82 bits per heavy atom. The van der Waals surface area contributed by atoms with Gasteiger partial charge in [-0.2, -0.15) is 0 Å². The van der Waals surface area contributed by atoms with Gasteiger partial charge in [-0.05, 0) is 31.0 Å². The summed E-state index contributed by atoms with van der Waals surface area (Å²) in [6.45, 7) is 0.743. The highest BCUT2D eigenvalue weighted by molar-refractivity contribution is 5.93. The average molecular weight is 389 g/mol. The van der Waals surface area contributed by atoms with Gasteiger partial charge in [0.1, 0.15) is 18.0 Å². The molecule has 152 valence electrons. The Balaban J connectivity index is 1.31. The third-order valence-corrected chi connectivity index (χ3v) is 5.67. The summed E-state index contributed by atoms with van der Waals surface area (Å²) >= 11 is 0. The molecular formula is C20H27N3O5. The summed E-state index contributed by atoms with van der Waals surface area (Å²) in [5, 5.41) is 6.05. The molecule has 2 aliphatic heterocycles. The van der Waals surface area contributed by atoms with E-state index >= 15 is 0 Å². The molecule has 2 saturated heterocycles. The van der Waals surface area contributed by atoms with Crippen molar-refractivity contribution in [2.24, 2.45) is 5.73 Å². The summed E-state index contributed by atoms with van der Waals surface area (Å²) in [5.74, 6) is 0.0388. The first-order valence-corrected chi connectivity index (χ1v) is 9.97. The monoisotopic (exact) mass is 389 g/mol. The number of ether oxygens (including phenoxy) is 3. The quantitative estimate of drug-likeness (QED) is 0.703. The van der Waals surface area contributed by atoms with Crippen LogP contribution in [0.3, 0.4) is 0 Å². The van der Waals surface area contributed by atoms with Crippen LogP contribution in [-0.4, -0.2) is 55.5 Å². The van der Waals surface area contributed by atoms with Crippen LogP contribution >= 0.6 is 0 Å². The molecule has 1 aliphatic carbocycles. The van der Waals surface area contributed by atoms with E-state index in [-0.39, 0.29) is 36.4 Å². The second-order valence-electron chi connectivity index (χ2n) is 7.70. The first-order valence-electron chi connectivity index (χ1n) is 9.97. The maximum Gasteiger partial charge on any atom is 0.315 e. The molecule has 1 aromatic rings. The van der Waals surface area contributed by atoms with E-state index < -0.39 is 5.91 Å². The number of carbonyl (C=O) groups excluding carboxylic acids is 2. The van der Waals surface area contributed by atoms with Crippen LogP contribution in [0.15, 0.2) is 24.3 Å². The number of amides is 3. The van der Waals surface area contributed by atoms with E-state index in [1.165, 1.54) is 19.3 Å².